The van der Waals surface area contributed by atoms with Gasteiger partial charge in [-0.05, 0) is 11.4 Å². The van der Waals surface area contributed by atoms with E-state index in [4.69, 9.17) is 5.21 Å². The first-order valence-corrected chi connectivity index (χ1v) is 5.28. The van der Waals surface area contributed by atoms with Gasteiger partial charge in [-0.25, -0.2) is 5.48 Å². The zero-order chi connectivity index (χ0) is 8.81. The summed E-state index contributed by atoms with van der Waals surface area (Å²) in [5.41, 5.74) is 1.60. The van der Waals surface area contributed by atoms with Gasteiger partial charge in [-0.1, -0.05) is 6.07 Å². The van der Waals surface area contributed by atoms with E-state index in [2.05, 4.69) is 0 Å². The van der Waals surface area contributed by atoms with Gasteiger partial charge < -0.3 is 0 Å². The minimum atomic E-state index is -0.334. The van der Waals surface area contributed by atoms with Gasteiger partial charge in [-0.3, -0.25) is 10.0 Å². The fraction of sp³-hybridized carbons (Fsp3) is 0.286. The lowest BCUT2D eigenvalue weighted by Crippen LogP contribution is -2.18. The van der Waals surface area contributed by atoms with Crippen molar-refractivity contribution < 1.29 is 10.0 Å². The quantitative estimate of drug-likeness (QED) is 0.445. The number of hydrogen-bond donors (Lipinski definition) is 2. The van der Waals surface area contributed by atoms with E-state index in [0.29, 0.717) is 12.2 Å². The van der Waals surface area contributed by atoms with Crippen LogP contribution in [0, 0.1) is 0 Å². The molecule has 1 heterocycles. The van der Waals surface area contributed by atoms with Crippen LogP contribution >= 0.6 is 23.1 Å². The Balaban J connectivity index is 2.15. The van der Waals surface area contributed by atoms with Gasteiger partial charge in [0.25, 0.3) is 0 Å². The van der Waals surface area contributed by atoms with Crippen molar-refractivity contribution in [1.82, 2.24) is 5.48 Å². The number of carbonyl (C=O) groups excluding carboxylic acids is 1. The average Bonchev–Trinajstić information content (AvgIpc) is 2.57. The molecule has 3 nitrogen and oxygen atoms in total. The minimum Gasteiger partial charge on any atom is -0.289 e. The molecule has 0 fully saturated rings. The van der Waals surface area contributed by atoms with E-state index in [-0.39, 0.29) is 5.91 Å². The monoisotopic (exact) mass is 203 g/mol. The molecule has 1 aromatic rings. The Morgan fingerprint density at radius 3 is 3.17 bits per heavy atom. The summed E-state index contributed by atoms with van der Waals surface area (Å²) >= 11 is 3.27. The number of amides is 1. The van der Waals surface area contributed by atoms with Crippen molar-refractivity contribution in [2.75, 3.05) is 5.75 Å². The molecule has 0 spiro atoms. The molecule has 0 saturated heterocycles. The summed E-state index contributed by atoms with van der Waals surface area (Å²) in [6.07, 6.45) is 0.346. The molecule has 0 aliphatic heterocycles. The molecule has 2 N–H and O–H groups in total. The van der Waals surface area contributed by atoms with Crippen molar-refractivity contribution in [3.63, 3.8) is 0 Å². The lowest BCUT2D eigenvalue weighted by molar-refractivity contribution is -0.128. The molecule has 12 heavy (non-hydrogen) atoms. The molecule has 1 aromatic heterocycles. The molecule has 0 unspecified atom stereocenters. The highest BCUT2D eigenvalue weighted by Crippen LogP contribution is 2.23. The van der Waals surface area contributed by atoms with Gasteiger partial charge in [0.15, 0.2) is 0 Å². The van der Waals surface area contributed by atoms with Crippen LogP contribution in [0.4, 0.5) is 0 Å². The summed E-state index contributed by atoms with van der Waals surface area (Å²) in [5, 5.41) is 10.2. The molecule has 1 amide bonds. The van der Waals surface area contributed by atoms with E-state index in [1.165, 1.54) is 4.21 Å². The van der Waals surface area contributed by atoms with Crippen LogP contribution in [0.25, 0.3) is 0 Å². The molecule has 0 aliphatic rings. The van der Waals surface area contributed by atoms with Gasteiger partial charge in [0.05, 0.1) is 4.21 Å². The fourth-order valence-electron chi connectivity index (χ4n) is 0.646. The normalized spacial score (nSPS) is 9.75. The summed E-state index contributed by atoms with van der Waals surface area (Å²) in [7, 11) is 0. The Labute approximate surface area is 78.7 Å². The van der Waals surface area contributed by atoms with Gasteiger partial charge in [0, 0.05) is 12.2 Å². The maximum atomic E-state index is 10.6. The zero-order valence-electron chi connectivity index (χ0n) is 6.32. The smallest absolute Gasteiger partial charge is 0.244 e. The minimum absolute atomic E-state index is 0.334. The summed E-state index contributed by atoms with van der Waals surface area (Å²) in [6, 6.07) is 3.98. The fourth-order valence-corrected chi connectivity index (χ4v) is 2.45. The van der Waals surface area contributed by atoms with Crippen LogP contribution in [0.15, 0.2) is 21.7 Å². The molecular weight excluding hydrogens is 194 g/mol. The molecule has 0 saturated carbocycles. The average molecular weight is 203 g/mol. The summed E-state index contributed by atoms with van der Waals surface area (Å²) < 4.78 is 1.20. The van der Waals surface area contributed by atoms with E-state index < -0.39 is 0 Å². The third kappa shape index (κ3) is 3.25. The first-order chi connectivity index (χ1) is 5.83. The van der Waals surface area contributed by atoms with Gasteiger partial charge >= 0.3 is 0 Å². The molecule has 66 valence electrons. The van der Waals surface area contributed by atoms with Crippen molar-refractivity contribution in [1.29, 1.82) is 0 Å². The zero-order valence-corrected chi connectivity index (χ0v) is 7.95. The van der Waals surface area contributed by atoms with Crippen molar-refractivity contribution in [2.45, 2.75) is 10.6 Å². The van der Waals surface area contributed by atoms with Gasteiger partial charge in [-0.15, -0.1) is 23.1 Å². The highest BCUT2D eigenvalue weighted by atomic mass is 32.2. The van der Waals surface area contributed by atoms with Crippen LogP contribution in [0.2, 0.25) is 0 Å². The maximum Gasteiger partial charge on any atom is 0.244 e. The molecule has 5 heteroatoms. The Morgan fingerprint density at radius 2 is 2.58 bits per heavy atom. The highest BCUT2D eigenvalue weighted by molar-refractivity contribution is 8.01. The largest absolute Gasteiger partial charge is 0.289 e. The van der Waals surface area contributed by atoms with Crippen LogP contribution in [-0.4, -0.2) is 16.9 Å². The maximum absolute atomic E-state index is 10.6. The number of rotatable bonds is 4. The second kappa shape index (κ2) is 5.18. The third-order valence-electron chi connectivity index (χ3n) is 1.19. The number of nitrogens with one attached hydrogen (secondary N) is 1. The van der Waals surface area contributed by atoms with E-state index >= 15 is 0 Å². The van der Waals surface area contributed by atoms with E-state index in [0.717, 1.165) is 0 Å². The van der Waals surface area contributed by atoms with Gasteiger partial charge in [-0.2, -0.15) is 0 Å². The topological polar surface area (TPSA) is 49.3 Å². The predicted molar refractivity (Wildman–Crippen MR) is 49.6 cm³/mol. The Kier molecular flexibility index (Phi) is 4.13. The highest BCUT2D eigenvalue weighted by Gasteiger charge is 1.99. The molecule has 1 rings (SSSR count). The van der Waals surface area contributed by atoms with Crippen LogP contribution < -0.4 is 5.48 Å². The third-order valence-corrected chi connectivity index (χ3v) is 3.33. The molecular formula is C7H9NO2S2. The molecule has 0 aliphatic carbocycles. The van der Waals surface area contributed by atoms with Crippen LogP contribution in [0.3, 0.4) is 0 Å². The molecule has 0 atom stereocenters. The van der Waals surface area contributed by atoms with Crippen molar-refractivity contribution >= 4 is 29.0 Å². The van der Waals surface area contributed by atoms with Crippen LogP contribution in [-0.2, 0) is 4.79 Å². The lowest BCUT2D eigenvalue weighted by atomic mass is 10.5. The SMILES string of the molecule is O=C(CCSc1cccs1)NO. The first kappa shape index (κ1) is 9.57. The number of thiophene rings is 1. The Bertz CT molecular complexity index is 236. The molecule has 0 radical (unpaired) electrons. The van der Waals surface area contributed by atoms with Crippen molar-refractivity contribution in [2.24, 2.45) is 0 Å². The summed E-state index contributed by atoms with van der Waals surface area (Å²) in [6.45, 7) is 0. The van der Waals surface area contributed by atoms with Crippen LogP contribution in [0.1, 0.15) is 6.42 Å². The van der Waals surface area contributed by atoms with Crippen molar-refractivity contribution in [3.8, 4) is 0 Å². The van der Waals surface area contributed by atoms with Crippen LogP contribution in [0.5, 0.6) is 0 Å². The van der Waals surface area contributed by atoms with Gasteiger partial charge in [0.2, 0.25) is 5.91 Å². The van der Waals surface area contributed by atoms with Crippen molar-refractivity contribution in [3.05, 3.63) is 17.5 Å². The second-order valence-corrected chi connectivity index (χ2v) is 4.41. The number of carbonyl (C=O) groups is 1. The second-order valence-electron chi connectivity index (χ2n) is 2.07. The number of hydroxylamine groups is 1. The molecule has 0 aromatic carbocycles. The number of thioether (sulfide) groups is 1. The standard InChI is InChI=1S/C7H9NO2S2/c9-6(8-10)3-5-12-7-2-1-4-11-7/h1-2,4,10H,3,5H2,(H,8,9). The van der Waals surface area contributed by atoms with Gasteiger partial charge in [0.1, 0.15) is 0 Å². The summed E-state index contributed by atoms with van der Waals surface area (Å²) in [5.74, 6) is 0.367. The summed E-state index contributed by atoms with van der Waals surface area (Å²) in [4.78, 5) is 10.6. The first-order valence-electron chi connectivity index (χ1n) is 3.42. The van der Waals surface area contributed by atoms with E-state index in [1.54, 1.807) is 28.6 Å². The lowest BCUT2D eigenvalue weighted by Gasteiger charge is -1.96. The van der Waals surface area contributed by atoms with E-state index in [9.17, 15) is 4.79 Å². The Hall–Kier alpha value is -0.520. The molecule has 0 bridgehead atoms. The predicted octanol–water partition coefficient (Wildman–Crippen LogP) is 1.74. The number of hydrogen-bond acceptors (Lipinski definition) is 4. The Morgan fingerprint density at radius 1 is 1.75 bits per heavy atom. The van der Waals surface area contributed by atoms with E-state index in [1.807, 2.05) is 17.5 Å².